The lowest BCUT2D eigenvalue weighted by molar-refractivity contribution is -0.150. The van der Waals surface area contributed by atoms with Crippen LogP contribution in [0.3, 0.4) is 0 Å². The van der Waals surface area contributed by atoms with E-state index in [9.17, 15) is 19.2 Å². The zero-order chi connectivity index (χ0) is 16.9. The van der Waals surface area contributed by atoms with E-state index in [0.29, 0.717) is 0 Å². The van der Waals surface area contributed by atoms with E-state index in [2.05, 4.69) is 18.9 Å². The Morgan fingerprint density at radius 1 is 0.864 bits per heavy atom. The lowest BCUT2D eigenvalue weighted by Gasteiger charge is -2.29. The highest BCUT2D eigenvalue weighted by molar-refractivity contribution is 8.02. The molecule has 0 saturated carbocycles. The van der Waals surface area contributed by atoms with E-state index in [1.165, 1.54) is 6.08 Å². The molecule has 0 saturated heterocycles. The Hall–Kier alpha value is -2.03. The second kappa shape index (κ2) is 7.83. The average Bonchev–Trinajstić information content (AvgIpc) is 2.57. The molecule has 0 aromatic carbocycles. The summed E-state index contributed by atoms with van der Waals surface area (Å²) in [6, 6.07) is 0. The predicted octanol–water partition coefficient (Wildman–Crippen LogP) is -0.295. The molecule has 1 heterocycles. The van der Waals surface area contributed by atoms with Gasteiger partial charge in [0, 0.05) is 0 Å². The Kier molecular flexibility index (Phi) is 6.41. The van der Waals surface area contributed by atoms with Crippen molar-refractivity contribution in [1.29, 1.82) is 0 Å². The summed E-state index contributed by atoms with van der Waals surface area (Å²) in [5.74, 6) is -4.04. The maximum absolute atomic E-state index is 11.9. The first-order chi connectivity index (χ1) is 10.4. The number of carbonyl (C=O) groups is 4. The molecular weight excluding hydrogens is 316 g/mol. The SMILES string of the molecule is COC(=O)C1=CC(C(=O)OC)C(C(=O)OC)SC1C(=O)OC. The van der Waals surface area contributed by atoms with E-state index in [1.54, 1.807) is 0 Å². The van der Waals surface area contributed by atoms with Crippen LogP contribution in [-0.2, 0) is 38.1 Å². The highest BCUT2D eigenvalue weighted by Gasteiger charge is 2.46. The van der Waals surface area contributed by atoms with Gasteiger partial charge in [-0.3, -0.25) is 14.4 Å². The number of hydrogen-bond donors (Lipinski definition) is 0. The molecule has 0 aliphatic carbocycles. The molecule has 0 N–H and O–H groups in total. The van der Waals surface area contributed by atoms with Crippen molar-refractivity contribution in [1.82, 2.24) is 0 Å². The molecule has 8 nitrogen and oxygen atoms in total. The van der Waals surface area contributed by atoms with Crippen LogP contribution in [-0.4, -0.2) is 62.8 Å². The van der Waals surface area contributed by atoms with Crippen LogP contribution >= 0.6 is 11.8 Å². The minimum Gasteiger partial charge on any atom is -0.469 e. The summed E-state index contributed by atoms with van der Waals surface area (Å²) in [5, 5.41) is -2.13. The van der Waals surface area contributed by atoms with Crippen LogP contribution in [0.2, 0.25) is 0 Å². The minimum absolute atomic E-state index is 0.0742. The quantitative estimate of drug-likeness (QED) is 0.507. The highest BCUT2D eigenvalue weighted by Crippen LogP contribution is 2.38. The fourth-order valence-corrected chi connectivity index (χ4v) is 3.29. The summed E-state index contributed by atoms with van der Waals surface area (Å²) in [7, 11) is 4.60. The molecule has 3 unspecified atom stereocenters. The lowest BCUT2D eigenvalue weighted by Crippen LogP contribution is -2.42. The molecular formula is C13H16O8S. The number of ether oxygens (including phenoxy) is 4. The van der Waals surface area contributed by atoms with Crippen LogP contribution in [0.4, 0.5) is 0 Å². The summed E-state index contributed by atoms with van der Waals surface area (Å²) in [4.78, 5) is 47.4. The molecule has 0 amide bonds. The van der Waals surface area contributed by atoms with E-state index in [0.717, 1.165) is 40.2 Å². The van der Waals surface area contributed by atoms with Gasteiger partial charge >= 0.3 is 23.9 Å². The fourth-order valence-electron chi connectivity index (χ4n) is 1.90. The van der Waals surface area contributed by atoms with Crippen molar-refractivity contribution in [3.05, 3.63) is 11.6 Å². The van der Waals surface area contributed by atoms with E-state index < -0.39 is 40.3 Å². The summed E-state index contributed by atoms with van der Waals surface area (Å²) in [5.41, 5.74) is -0.0742. The molecule has 0 aromatic rings. The van der Waals surface area contributed by atoms with E-state index in [-0.39, 0.29) is 5.57 Å². The molecule has 1 aliphatic heterocycles. The normalized spacial score (nSPS) is 23.8. The maximum Gasteiger partial charge on any atom is 0.335 e. The van der Waals surface area contributed by atoms with Gasteiger partial charge in [0.05, 0.1) is 39.9 Å². The second-order valence-electron chi connectivity index (χ2n) is 4.15. The molecule has 9 heteroatoms. The Bertz CT molecular complexity index is 512. The third kappa shape index (κ3) is 3.59. The van der Waals surface area contributed by atoms with Crippen molar-refractivity contribution in [2.75, 3.05) is 28.4 Å². The van der Waals surface area contributed by atoms with E-state index in [4.69, 9.17) is 0 Å². The van der Waals surface area contributed by atoms with Gasteiger partial charge < -0.3 is 18.9 Å². The zero-order valence-electron chi connectivity index (χ0n) is 12.5. The summed E-state index contributed by atoms with van der Waals surface area (Å²) < 4.78 is 18.5. The highest BCUT2D eigenvalue weighted by atomic mass is 32.2. The lowest BCUT2D eigenvalue weighted by atomic mass is 9.98. The van der Waals surface area contributed by atoms with E-state index in [1.807, 2.05) is 0 Å². The van der Waals surface area contributed by atoms with Gasteiger partial charge in [0.1, 0.15) is 10.5 Å². The number of esters is 4. The van der Waals surface area contributed by atoms with Gasteiger partial charge in [-0.15, -0.1) is 11.8 Å². The predicted molar refractivity (Wildman–Crippen MR) is 74.8 cm³/mol. The van der Waals surface area contributed by atoms with Gasteiger partial charge in [-0.25, -0.2) is 4.79 Å². The molecule has 0 radical (unpaired) electrons. The standard InChI is InChI=1S/C13H16O8S/c1-18-10(14)6-5-7(11(15)19-2)9(13(17)21-4)22-8(6)12(16)20-3/h5-6,8-9H,1-4H3. The van der Waals surface area contributed by atoms with Crippen LogP contribution in [0, 0.1) is 5.92 Å². The van der Waals surface area contributed by atoms with Crippen LogP contribution < -0.4 is 0 Å². The van der Waals surface area contributed by atoms with Crippen molar-refractivity contribution < 1.29 is 38.1 Å². The summed E-state index contributed by atoms with van der Waals surface area (Å²) in [6.45, 7) is 0. The van der Waals surface area contributed by atoms with Crippen molar-refractivity contribution in [2.45, 2.75) is 10.5 Å². The maximum atomic E-state index is 11.9. The third-order valence-electron chi connectivity index (χ3n) is 2.99. The van der Waals surface area contributed by atoms with Gasteiger partial charge in [0.2, 0.25) is 0 Å². The molecule has 1 rings (SSSR count). The number of rotatable bonds is 4. The van der Waals surface area contributed by atoms with Crippen LogP contribution in [0.1, 0.15) is 0 Å². The molecule has 0 spiro atoms. The second-order valence-corrected chi connectivity index (χ2v) is 5.40. The largest absolute Gasteiger partial charge is 0.469 e. The molecule has 3 atom stereocenters. The van der Waals surface area contributed by atoms with E-state index >= 15 is 0 Å². The molecule has 0 aromatic heterocycles. The summed E-state index contributed by atoms with van der Waals surface area (Å²) >= 11 is 0.781. The first-order valence-corrected chi connectivity index (χ1v) is 7.04. The van der Waals surface area contributed by atoms with Gasteiger partial charge in [0.15, 0.2) is 0 Å². The Morgan fingerprint density at radius 3 is 1.86 bits per heavy atom. The molecule has 0 bridgehead atoms. The van der Waals surface area contributed by atoms with Crippen molar-refractivity contribution in [3.63, 3.8) is 0 Å². The number of methoxy groups -OCH3 is 4. The van der Waals surface area contributed by atoms with Gasteiger partial charge in [0.25, 0.3) is 0 Å². The Balaban J connectivity index is 3.33. The number of carbonyl (C=O) groups excluding carboxylic acids is 4. The average molecular weight is 332 g/mol. The monoisotopic (exact) mass is 332 g/mol. The third-order valence-corrected chi connectivity index (χ3v) is 4.49. The molecule has 22 heavy (non-hydrogen) atoms. The van der Waals surface area contributed by atoms with Crippen molar-refractivity contribution in [3.8, 4) is 0 Å². The van der Waals surface area contributed by atoms with Gasteiger partial charge in [-0.1, -0.05) is 6.08 Å². The fraction of sp³-hybridized carbons (Fsp3) is 0.538. The minimum atomic E-state index is -1.09. The molecule has 1 aliphatic rings. The smallest absolute Gasteiger partial charge is 0.335 e. The number of hydrogen-bond acceptors (Lipinski definition) is 9. The van der Waals surface area contributed by atoms with Crippen LogP contribution in [0.15, 0.2) is 11.6 Å². The number of thioether (sulfide) groups is 1. The van der Waals surface area contributed by atoms with Crippen LogP contribution in [0.25, 0.3) is 0 Å². The zero-order valence-corrected chi connectivity index (χ0v) is 13.3. The first kappa shape index (κ1) is 18.0. The Labute approximate surface area is 131 Å². The van der Waals surface area contributed by atoms with Gasteiger partial charge in [-0.05, 0) is 0 Å². The van der Waals surface area contributed by atoms with Crippen molar-refractivity contribution in [2.24, 2.45) is 5.92 Å². The van der Waals surface area contributed by atoms with Crippen LogP contribution in [0.5, 0.6) is 0 Å². The Morgan fingerprint density at radius 2 is 1.41 bits per heavy atom. The molecule has 122 valence electrons. The van der Waals surface area contributed by atoms with Gasteiger partial charge in [-0.2, -0.15) is 0 Å². The topological polar surface area (TPSA) is 105 Å². The molecule has 0 fully saturated rings. The first-order valence-electron chi connectivity index (χ1n) is 6.10. The summed E-state index contributed by atoms with van der Waals surface area (Å²) in [6.07, 6.45) is 1.19. The van der Waals surface area contributed by atoms with Crippen molar-refractivity contribution >= 4 is 35.6 Å².